The van der Waals surface area contributed by atoms with Gasteiger partial charge in [-0.05, 0) is 54.5 Å². The maximum atomic E-state index is 5.12. The van der Waals surface area contributed by atoms with Crippen molar-refractivity contribution in [3.63, 3.8) is 0 Å². The monoisotopic (exact) mass is 673 g/mol. The summed E-state index contributed by atoms with van der Waals surface area (Å²) in [6.07, 6.45) is 2.40. The van der Waals surface area contributed by atoms with Gasteiger partial charge < -0.3 is 4.57 Å². The van der Waals surface area contributed by atoms with Gasteiger partial charge >= 0.3 is 0 Å². The summed E-state index contributed by atoms with van der Waals surface area (Å²) in [5.74, 6) is 0.881. The number of rotatable bonds is 7. The fraction of sp³-hybridized carbons (Fsp3) is 0.0638. The van der Waals surface area contributed by atoms with Crippen LogP contribution in [0.2, 0.25) is 0 Å². The molecule has 1 atom stereocenters. The van der Waals surface area contributed by atoms with Crippen LogP contribution in [-0.2, 0) is 0 Å². The minimum absolute atomic E-state index is 0.156. The van der Waals surface area contributed by atoms with Gasteiger partial charge in [0.1, 0.15) is 0 Å². The molecule has 244 valence electrons. The SMILES string of the molecule is C/C(=C\c1c(C(C)c2cccc(-c3cc(-c4ccccc4)nc(-c4ccccc4)n3)c2)sc2ccccc12)n1c2ccccc2c2ccccc21. The largest absolute Gasteiger partial charge is 0.313 e. The van der Waals surface area contributed by atoms with Gasteiger partial charge in [-0.2, -0.15) is 0 Å². The molecule has 0 amide bonds. The topological polar surface area (TPSA) is 30.7 Å². The Morgan fingerprint density at radius 1 is 0.569 bits per heavy atom. The van der Waals surface area contributed by atoms with E-state index in [1.54, 1.807) is 0 Å². The molecular formula is C47H35N3S. The van der Waals surface area contributed by atoms with Crippen LogP contribution in [0.3, 0.4) is 0 Å². The van der Waals surface area contributed by atoms with E-state index in [1.807, 2.05) is 35.6 Å². The van der Waals surface area contributed by atoms with Crippen molar-refractivity contribution in [2.75, 3.05) is 0 Å². The number of benzene rings is 6. The molecule has 3 nitrogen and oxygen atoms in total. The van der Waals surface area contributed by atoms with Crippen LogP contribution in [0.15, 0.2) is 164 Å². The Bertz CT molecular complexity index is 2610. The van der Waals surface area contributed by atoms with E-state index in [9.17, 15) is 0 Å². The van der Waals surface area contributed by atoms with Crippen molar-refractivity contribution in [3.8, 4) is 33.9 Å². The lowest BCUT2D eigenvalue weighted by Gasteiger charge is -2.15. The predicted molar refractivity (Wildman–Crippen MR) is 217 cm³/mol. The van der Waals surface area contributed by atoms with Gasteiger partial charge in [-0.1, -0.05) is 140 Å². The number of allylic oxidation sites excluding steroid dienone is 1. The number of hydrogen-bond donors (Lipinski definition) is 0. The molecule has 0 aliphatic heterocycles. The van der Waals surface area contributed by atoms with Crippen LogP contribution in [0.4, 0.5) is 0 Å². The Balaban J connectivity index is 1.16. The van der Waals surface area contributed by atoms with Crippen LogP contribution in [-0.4, -0.2) is 14.5 Å². The molecule has 9 aromatic rings. The zero-order valence-electron chi connectivity index (χ0n) is 28.5. The van der Waals surface area contributed by atoms with E-state index in [4.69, 9.17) is 9.97 Å². The van der Waals surface area contributed by atoms with Gasteiger partial charge in [-0.3, -0.25) is 0 Å². The summed E-state index contributed by atoms with van der Waals surface area (Å²) in [6.45, 7) is 4.58. The highest BCUT2D eigenvalue weighted by atomic mass is 32.1. The lowest BCUT2D eigenvalue weighted by molar-refractivity contribution is 0.946. The van der Waals surface area contributed by atoms with Gasteiger partial charge in [0.25, 0.3) is 0 Å². The molecule has 9 rings (SSSR count). The highest BCUT2D eigenvalue weighted by Gasteiger charge is 2.20. The Morgan fingerprint density at radius 2 is 1.12 bits per heavy atom. The third-order valence-electron chi connectivity index (χ3n) is 9.85. The second-order valence-corrected chi connectivity index (χ2v) is 14.2. The zero-order chi connectivity index (χ0) is 34.3. The van der Waals surface area contributed by atoms with Crippen molar-refractivity contribution in [1.29, 1.82) is 0 Å². The molecule has 3 aromatic heterocycles. The van der Waals surface area contributed by atoms with Crippen molar-refractivity contribution in [1.82, 2.24) is 14.5 Å². The van der Waals surface area contributed by atoms with E-state index < -0.39 is 0 Å². The van der Waals surface area contributed by atoms with E-state index >= 15 is 0 Å². The molecule has 4 heteroatoms. The molecule has 3 heterocycles. The minimum atomic E-state index is 0.156. The number of thiophene rings is 1. The van der Waals surface area contributed by atoms with Gasteiger partial charge in [-0.25, -0.2) is 9.97 Å². The Hall–Kier alpha value is -6.10. The van der Waals surface area contributed by atoms with E-state index in [2.05, 4.69) is 164 Å². The zero-order valence-corrected chi connectivity index (χ0v) is 29.3. The maximum absolute atomic E-state index is 5.12. The van der Waals surface area contributed by atoms with Gasteiger partial charge in [0.05, 0.1) is 22.4 Å². The first-order chi connectivity index (χ1) is 25.1. The van der Waals surface area contributed by atoms with Crippen LogP contribution in [0.1, 0.15) is 35.8 Å². The summed E-state index contributed by atoms with van der Waals surface area (Å²) in [5, 5.41) is 3.84. The average Bonchev–Trinajstić information content (AvgIpc) is 3.74. The Morgan fingerprint density at radius 3 is 1.80 bits per heavy atom. The summed E-state index contributed by atoms with van der Waals surface area (Å²) < 4.78 is 3.71. The molecule has 1 unspecified atom stereocenters. The Labute approximate surface area is 301 Å². The van der Waals surface area contributed by atoms with E-state index in [-0.39, 0.29) is 5.92 Å². The minimum Gasteiger partial charge on any atom is -0.313 e. The lowest BCUT2D eigenvalue weighted by atomic mass is 9.93. The first-order valence-electron chi connectivity index (χ1n) is 17.4. The van der Waals surface area contributed by atoms with E-state index in [0.717, 1.165) is 33.9 Å². The number of nitrogens with zero attached hydrogens (tertiary/aromatic N) is 3. The van der Waals surface area contributed by atoms with Crippen LogP contribution >= 0.6 is 11.3 Å². The quantitative estimate of drug-likeness (QED) is 0.169. The molecule has 0 spiro atoms. The smallest absolute Gasteiger partial charge is 0.160 e. The molecule has 0 fully saturated rings. The number of hydrogen-bond acceptors (Lipinski definition) is 3. The lowest BCUT2D eigenvalue weighted by Crippen LogP contribution is -1.99. The van der Waals surface area contributed by atoms with Gasteiger partial charge in [0.2, 0.25) is 0 Å². The highest BCUT2D eigenvalue weighted by Crippen LogP contribution is 2.42. The molecule has 0 bridgehead atoms. The predicted octanol–water partition coefficient (Wildman–Crippen LogP) is 13.0. The third kappa shape index (κ3) is 5.64. The molecular weight excluding hydrogens is 639 g/mol. The van der Waals surface area contributed by atoms with Gasteiger partial charge in [0.15, 0.2) is 5.82 Å². The van der Waals surface area contributed by atoms with Crippen LogP contribution in [0, 0.1) is 0 Å². The molecule has 6 aromatic carbocycles. The standard InChI is InChI=1S/C47H35N3S/c1-31(50-43-25-12-9-22-37(43)38-23-10-13-26-44(38)50)28-40-39-24-11-14-27-45(39)51-46(40)32(2)35-20-15-21-36(29-35)42-30-41(33-16-5-3-6-17-33)48-47(49-42)34-18-7-4-8-19-34/h3-30,32H,1-2H3/b31-28+. The summed E-state index contributed by atoms with van der Waals surface area (Å²) in [5.41, 5.74) is 11.2. The Kier molecular flexibility index (Phi) is 7.87. The first-order valence-corrected chi connectivity index (χ1v) is 18.2. The molecule has 0 N–H and O–H groups in total. The van der Waals surface area contributed by atoms with Crippen molar-refractivity contribution in [2.24, 2.45) is 0 Å². The molecule has 51 heavy (non-hydrogen) atoms. The normalized spacial score (nSPS) is 12.5. The van der Waals surface area contributed by atoms with Crippen molar-refractivity contribution in [2.45, 2.75) is 19.8 Å². The molecule has 0 saturated heterocycles. The van der Waals surface area contributed by atoms with Crippen molar-refractivity contribution >= 4 is 55.0 Å². The number of aromatic nitrogens is 3. The maximum Gasteiger partial charge on any atom is 0.160 e. The van der Waals surface area contributed by atoms with E-state index in [0.29, 0.717) is 0 Å². The average molecular weight is 674 g/mol. The highest BCUT2D eigenvalue weighted by molar-refractivity contribution is 7.19. The summed E-state index contributed by atoms with van der Waals surface area (Å²) in [7, 11) is 0. The van der Waals surface area contributed by atoms with Crippen LogP contribution in [0.5, 0.6) is 0 Å². The van der Waals surface area contributed by atoms with Crippen LogP contribution < -0.4 is 0 Å². The molecule has 0 radical (unpaired) electrons. The fourth-order valence-electron chi connectivity index (χ4n) is 7.32. The fourth-order valence-corrected chi connectivity index (χ4v) is 8.58. The van der Waals surface area contributed by atoms with Crippen molar-refractivity contribution < 1.29 is 0 Å². The molecule has 0 aliphatic rings. The summed E-state index contributed by atoms with van der Waals surface area (Å²) in [4.78, 5) is 11.5. The van der Waals surface area contributed by atoms with Gasteiger partial charge in [-0.15, -0.1) is 11.3 Å². The molecule has 0 saturated carbocycles. The second kappa shape index (κ2) is 13.0. The third-order valence-corrected chi connectivity index (χ3v) is 11.2. The van der Waals surface area contributed by atoms with E-state index in [1.165, 1.54) is 53.6 Å². The number of fused-ring (bicyclic) bond motifs is 4. The van der Waals surface area contributed by atoms with Gasteiger partial charge in [0, 0.05) is 54.0 Å². The second-order valence-electron chi connectivity index (χ2n) is 13.1. The molecule has 0 aliphatic carbocycles. The summed E-state index contributed by atoms with van der Waals surface area (Å²) in [6, 6.07) is 57.9. The summed E-state index contributed by atoms with van der Waals surface area (Å²) >= 11 is 1.89. The number of para-hydroxylation sites is 2. The first kappa shape index (κ1) is 30.9. The van der Waals surface area contributed by atoms with Crippen LogP contribution in [0.25, 0.3) is 77.6 Å². The van der Waals surface area contributed by atoms with Crippen molar-refractivity contribution in [3.05, 3.63) is 180 Å².